The zero-order chi connectivity index (χ0) is 17.9. The molecule has 1 unspecified atom stereocenters. The van der Waals surface area contributed by atoms with Crippen LogP contribution in [0.1, 0.15) is 12.5 Å². The third kappa shape index (κ3) is 4.23. The summed E-state index contributed by atoms with van der Waals surface area (Å²) >= 11 is 0. The second-order valence-electron chi connectivity index (χ2n) is 5.76. The second kappa shape index (κ2) is 7.04. The summed E-state index contributed by atoms with van der Waals surface area (Å²) in [5.74, 6) is 0.725. The summed E-state index contributed by atoms with van der Waals surface area (Å²) < 4.78 is 25.1. The summed E-state index contributed by atoms with van der Waals surface area (Å²) in [4.78, 5) is 4.40. The molecule has 25 heavy (non-hydrogen) atoms. The molecule has 1 atom stereocenters. The smallest absolute Gasteiger partial charge is 0.238 e. The number of nitrogens with two attached hydrogens (primary N) is 1. The van der Waals surface area contributed by atoms with Gasteiger partial charge >= 0.3 is 0 Å². The van der Waals surface area contributed by atoms with Crippen LogP contribution in [-0.4, -0.2) is 29.2 Å². The third-order valence-corrected chi connectivity index (χ3v) is 4.70. The number of hydrogen-bond donors (Lipinski definition) is 2. The molecule has 1 aromatic carbocycles. The Hall–Kier alpha value is -2.71. The highest BCUT2D eigenvalue weighted by atomic mass is 32.2. The van der Waals surface area contributed by atoms with Crippen molar-refractivity contribution in [2.24, 2.45) is 5.14 Å². The fourth-order valence-corrected chi connectivity index (χ4v) is 3.41. The fourth-order valence-electron chi connectivity index (χ4n) is 2.63. The van der Waals surface area contributed by atoms with Gasteiger partial charge in [0.2, 0.25) is 10.0 Å². The number of sulfonamides is 1. The van der Waals surface area contributed by atoms with Gasteiger partial charge in [-0.3, -0.25) is 0 Å². The Bertz CT molecular complexity index is 954. The van der Waals surface area contributed by atoms with Crippen molar-refractivity contribution >= 4 is 15.7 Å². The van der Waals surface area contributed by atoms with Gasteiger partial charge in [-0.25, -0.2) is 23.2 Å². The number of hydrogen-bond acceptors (Lipinski definition) is 5. The van der Waals surface area contributed by atoms with Crippen LogP contribution in [0.2, 0.25) is 0 Å². The van der Waals surface area contributed by atoms with E-state index in [0.717, 1.165) is 11.5 Å². The van der Waals surface area contributed by atoms with Crippen molar-refractivity contribution in [3.05, 3.63) is 66.6 Å². The van der Waals surface area contributed by atoms with Gasteiger partial charge in [0.15, 0.2) is 5.82 Å². The molecule has 0 bridgehead atoms. The fraction of sp³-hybridized carbons (Fsp3) is 0.176. The lowest BCUT2D eigenvalue weighted by atomic mass is 10.1. The van der Waals surface area contributed by atoms with Crippen molar-refractivity contribution in [2.45, 2.75) is 24.3 Å². The molecule has 0 fully saturated rings. The maximum absolute atomic E-state index is 11.7. The molecule has 0 saturated heterocycles. The van der Waals surface area contributed by atoms with Crippen LogP contribution < -0.4 is 10.5 Å². The van der Waals surface area contributed by atoms with E-state index in [1.807, 2.05) is 31.3 Å². The largest absolute Gasteiger partial charge is 0.380 e. The maximum atomic E-state index is 11.7. The molecule has 2 aromatic heterocycles. The molecular weight excluding hydrogens is 338 g/mol. The van der Waals surface area contributed by atoms with Gasteiger partial charge in [-0.2, -0.15) is 5.10 Å². The monoisotopic (exact) mass is 357 g/mol. The predicted octanol–water partition coefficient (Wildman–Crippen LogP) is 1.96. The van der Waals surface area contributed by atoms with Crippen molar-refractivity contribution in [1.29, 1.82) is 0 Å². The van der Waals surface area contributed by atoms with E-state index in [2.05, 4.69) is 15.4 Å². The number of anilines is 1. The van der Waals surface area contributed by atoms with Gasteiger partial charge in [0, 0.05) is 12.2 Å². The number of nitrogens with one attached hydrogen (secondary N) is 1. The van der Waals surface area contributed by atoms with Gasteiger partial charge in [0.1, 0.15) is 0 Å². The summed E-state index contributed by atoms with van der Waals surface area (Å²) in [5, 5.41) is 12.9. The molecule has 0 amide bonds. The quantitative estimate of drug-likeness (QED) is 0.702. The molecule has 0 spiro atoms. The highest BCUT2D eigenvalue weighted by Crippen LogP contribution is 2.18. The number of aromatic nitrogens is 3. The van der Waals surface area contributed by atoms with E-state index < -0.39 is 10.0 Å². The molecule has 3 N–H and O–H groups in total. The number of nitrogens with zero attached hydrogens (tertiary/aromatic N) is 3. The Kier molecular flexibility index (Phi) is 4.82. The summed E-state index contributed by atoms with van der Waals surface area (Å²) in [6.07, 6.45) is 5.76. The second-order valence-corrected chi connectivity index (χ2v) is 7.29. The Balaban J connectivity index is 1.72. The lowest BCUT2D eigenvalue weighted by molar-refractivity contribution is 0.596. The number of rotatable bonds is 6. The number of pyridine rings is 1. The van der Waals surface area contributed by atoms with Gasteiger partial charge in [-0.15, -0.1) is 0 Å². The normalized spacial score (nSPS) is 12.7. The van der Waals surface area contributed by atoms with Crippen molar-refractivity contribution in [3.63, 3.8) is 0 Å². The van der Waals surface area contributed by atoms with Crippen LogP contribution in [0.15, 0.2) is 66.0 Å². The Labute approximate surface area is 146 Å². The average molecular weight is 357 g/mol. The topological polar surface area (TPSA) is 103 Å². The molecule has 0 aliphatic heterocycles. The first kappa shape index (κ1) is 17.1. The molecular formula is C17H19N5O2S. The van der Waals surface area contributed by atoms with Gasteiger partial charge < -0.3 is 5.32 Å². The van der Waals surface area contributed by atoms with E-state index in [1.165, 1.54) is 6.07 Å². The molecule has 0 radical (unpaired) electrons. The summed E-state index contributed by atoms with van der Waals surface area (Å²) in [5.41, 5.74) is 1.51. The summed E-state index contributed by atoms with van der Waals surface area (Å²) in [7, 11) is -3.74. The average Bonchev–Trinajstić information content (AvgIpc) is 3.03. The Morgan fingerprint density at radius 1 is 1.20 bits per heavy atom. The molecule has 3 aromatic rings. The summed E-state index contributed by atoms with van der Waals surface area (Å²) in [6.45, 7) is 1.97. The minimum absolute atomic E-state index is 0.00992. The minimum Gasteiger partial charge on any atom is -0.380 e. The molecule has 3 rings (SSSR count). The molecule has 7 nitrogen and oxygen atoms in total. The zero-order valence-electron chi connectivity index (χ0n) is 13.7. The van der Waals surface area contributed by atoms with Crippen molar-refractivity contribution in [2.75, 3.05) is 5.32 Å². The molecule has 0 aliphatic carbocycles. The van der Waals surface area contributed by atoms with Gasteiger partial charge in [-0.1, -0.05) is 24.3 Å². The van der Waals surface area contributed by atoms with E-state index in [-0.39, 0.29) is 10.9 Å². The lowest BCUT2D eigenvalue weighted by Gasteiger charge is -2.15. The maximum Gasteiger partial charge on any atom is 0.238 e. The molecule has 0 aliphatic rings. The van der Waals surface area contributed by atoms with Crippen LogP contribution in [-0.2, 0) is 16.4 Å². The molecule has 0 saturated carbocycles. The predicted molar refractivity (Wildman–Crippen MR) is 96.0 cm³/mol. The van der Waals surface area contributed by atoms with E-state index in [4.69, 9.17) is 5.14 Å². The van der Waals surface area contributed by atoms with Crippen LogP contribution in [0, 0.1) is 0 Å². The van der Waals surface area contributed by atoms with Crippen LogP contribution in [0.3, 0.4) is 0 Å². The highest BCUT2D eigenvalue weighted by Gasteiger charge is 2.15. The van der Waals surface area contributed by atoms with Crippen molar-refractivity contribution in [3.8, 4) is 5.82 Å². The van der Waals surface area contributed by atoms with Gasteiger partial charge in [-0.05, 0) is 37.1 Å². The minimum atomic E-state index is -3.74. The number of primary sulfonamides is 1. The number of benzene rings is 1. The molecule has 8 heteroatoms. The van der Waals surface area contributed by atoms with E-state index >= 15 is 0 Å². The van der Waals surface area contributed by atoms with Crippen molar-refractivity contribution < 1.29 is 8.42 Å². The van der Waals surface area contributed by atoms with Crippen LogP contribution in [0.4, 0.5) is 5.69 Å². The SMILES string of the molecule is CC(Cc1ccccc1S(N)(=O)=O)Nc1cnn(-c2ccccn2)c1. The van der Waals surface area contributed by atoms with Gasteiger partial charge in [0.05, 0.1) is 23.0 Å². The highest BCUT2D eigenvalue weighted by molar-refractivity contribution is 7.89. The first-order valence-corrected chi connectivity index (χ1v) is 9.31. The van der Waals surface area contributed by atoms with Crippen molar-refractivity contribution in [1.82, 2.24) is 14.8 Å². The van der Waals surface area contributed by atoms with Gasteiger partial charge in [0.25, 0.3) is 0 Å². The lowest BCUT2D eigenvalue weighted by Crippen LogP contribution is -2.21. The first-order chi connectivity index (χ1) is 11.9. The van der Waals surface area contributed by atoms with Crippen LogP contribution in [0.25, 0.3) is 5.82 Å². The van der Waals surface area contributed by atoms with Crippen LogP contribution >= 0.6 is 0 Å². The van der Waals surface area contributed by atoms with E-state index in [1.54, 1.807) is 35.3 Å². The van der Waals surface area contributed by atoms with E-state index in [9.17, 15) is 8.42 Å². The van der Waals surface area contributed by atoms with E-state index in [0.29, 0.717) is 12.0 Å². The molecule has 130 valence electrons. The molecule has 2 heterocycles. The van der Waals surface area contributed by atoms with Crippen LogP contribution in [0.5, 0.6) is 0 Å². The Morgan fingerprint density at radius 3 is 2.68 bits per heavy atom. The summed E-state index contributed by atoms with van der Waals surface area (Å²) in [6, 6.07) is 12.4. The third-order valence-electron chi connectivity index (χ3n) is 3.68. The Morgan fingerprint density at radius 2 is 1.96 bits per heavy atom. The zero-order valence-corrected chi connectivity index (χ0v) is 14.5. The standard InChI is InChI=1S/C17H19N5O2S/c1-13(10-14-6-2-3-7-16(14)25(18,23)24)21-15-11-20-22(12-15)17-8-4-5-9-19-17/h2-9,11-13,21H,10H2,1H3,(H2,18,23,24). The first-order valence-electron chi connectivity index (χ1n) is 7.77.